The molecule has 0 saturated heterocycles. The van der Waals surface area contributed by atoms with Gasteiger partial charge in [-0.15, -0.1) is 0 Å². The summed E-state index contributed by atoms with van der Waals surface area (Å²) in [5.74, 6) is -0.946. The third-order valence-corrected chi connectivity index (χ3v) is 1.37. The van der Waals surface area contributed by atoms with Crippen molar-refractivity contribution in [2.45, 2.75) is 20.3 Å². The van der Waals surface area contributed by atoms with Crippen molar-refractivity contribution in [2.24, 2.45) is 0 Å². The molecular weight excluding hydrogens is 198 g/mol. The molecule has 0 aromatic heterocycles. The number of hydrogen-bond donors (Lipinski definition) is 1. The molecule has 0 aromatic rings. The van der Waals surface area contributed by atoms with Crippen molar-refractivity contribution in [1.29, 1.82) is 0 Å². The molecule has 0 heterocycles. The van der Waals surface area contributed by atoms with Gasteiger partial charge in [-0.05, 0) is 0 Å². The minimum atomic E-state index is -0.745. The number of likely N-dealkylation sites (N-methyl/N-ethyl adjacent to an activating group) is 1. The Bertz CT molecular complexity index is 196. The smallest absolute Gasteiger partial charge is 0.303 e. The fourth-order valence-electron chi connectivity index (χ4n) is 0.463. The van der Waals surface area contributed by atoms with Crippen molar-refractivity contribution in [2.75, 3.05) is 34.3 Å². The van der Waals surface area contributed by atoms with Gasteiger partial charge in [0.05, 0.1) is 21.1 Å². The van der Waals surface area contributed by atoms with E-state index in [4.69, 9.17) is 9.84 Å². The van der Waals surface area contributed by atoms with Crippen molar-refractivity contribution in [3.8, 4) is 0 Å². The summed E-state index contributed by atoms with van der Waals surface area (Å²) < 4.78 is 5.59. The second-order valence-corrected chi connectivity index (χ2v) is 4.10. The molecule has 0 atom stereocenters. The maximum atomic E-state index is 10.3. The van der Waals surface area contributed by atoms with Crippen LogP contribution < -0.4 is 0 Å². The van der Waals surface area contributed by atoms with Crippen molar-refractivity contribution in [3.05, 3.63) is 0 Å². The Morgan fingerprint density at radius 1 is 1.27 bits per heavy atom. The lowest BCUT2D eigenvalue weighted by atomic mass is 10.5. The maximum Gasteiger partial charge on any atom is 0.303 e. The Kier molecular flexibility index (Phi) is 8.96. The molecule has 0 fully saturated rings. The SMILES string of the molecule is CC(=O)OCC[N+](C)(C)C.CCC(=O)O. The Hall–Kier alpha value is -1.10. The third kappa shape index (κ3) is 24.6. The number of carbonyl (C=O) groups excluding carboxylic acids is 1. The number of ether oxygens (including phenoxy) is 1. The predicted molar refractivity (Wildman–Crippen MR) is 57.5 cm³/mol. The number of aliphatic carboxylic acids is 1. The van der Waals surface area contributed by atoms with Gasteiger partial charge in [-0.25, -0.2) is 0 Å². The first kappa shape index (κ1) is 16.3. The van der Waals surface area contributed by atoms with Gasteiger partial charge in [0.15, 0.2) is 0 Å². The van der Waals surface area contributed by atoms with Crippen LogP contribution in [0.2, 0.25) is 0 Å². The molecule has 5 heteroatoms. The number of carboxylic acids is 1. The second-order valence-electron chi connectivity index (χ2n) is 4.10. The minimum Gasteiger partial charge on any atom is -0.481 e. The van der Waals surface area contributed by atoms with E-state index in [0.29, 0.717) is 6.61 Å². The molecule has 1 N–H and O–H groups in total. The zero-order chi connectivity index (χ0) is 12.5. The standard InChI is InChI=1S/C7H16NO2.C3H6O2/c1-7(9)10-6-5-8(2,3)4;1-2-3(4)5/h5-6H2,1-4H3;2H2,1H3,(H,4,5)/q+1;. The van der Waals surface area contributed by atoms with Crippen LogP contribution in [0.3, 0.4) is 0 Å². The molecule has 90 valence electrons. The molecule has 5 nitrogen and oxygen atoms in total. The molecule has 0 aliphatic heterocycles. The zero-order valence-corrected chi connectivity index (χ0v) is 10.2. The molecule has 0 amide bonds. The van der Waals surface area contributed by atoms with E-state index in [1.165, 1.54) is 6.92 Å². The van der Waals surface area contributed by atoms with Crippen LogP contribution in [0.15, 0.2) is 0 Å². The van der Waals surface area contributed by atoms with E-state index in [0.717, 1.165) is 11.0 Å². The van der Waals surface area contributed by atoms with Crippen molar-refractivity contribution >= 4 is 11.9 Å². The van der Waals surface area contributed by atoms with Gasteiger partial charge in [-0.1, -0.05) is 6.92 Å². The first-order valence-electron chi connectivity index (χ1n) is 4.84. The number of carbonyl (C=O) groups is 2. The van der Waals surface area contributed by atoms with Gasteiger partial charge >= 0.3 is 11.9 Å². The Morgan fingerprint density at radius 3 is 1.87 bits per heavy atom. The van der Waals surface area contributed by atoms with Crippen LogP contribution in [-0.4, -0.2) is 55.8 Å². The van der Waals surface area contributed by atoms with E-state index in [-0.39, 0.29) is 12.4 Å². The van der Waals surface area contributed by atoms with Crippen molar-refractivity contribution in [3.63, 3.8) is 0 Å². The first-order valence-corrected chi connectivity index (χ1v) is 4.84. The van der Waals surface area contributed by atoms with Crippen LogP contribution in [0.1, 0.15) is 20.3 Å². The van der Waals surface area contributed by atoms with Gasteiger partial charge in [0.2, 0.25) is 0 Å². The quantitative estimate of drug-likeness (QED) is 0.560. The predicted octanol–water partition coefficient (Wildman–Crippen LogP) is 0.737. The number of quaternary nitrogens is 1. The molecule has 0 aromatic carbocycles. The van der Waals surface area contributed by atoms with Gasteiger partial charge in [-0.2, -0.15) is 0 Å². The van der Waals surface area contributed by atoms with Crippen LogP contribution in [0.4, 0.5) is 0 Å². The van der Waals surface area contributed by atoms with Crippen molar-refractivity contribution in [1.82, 2.24) is 0 Å². The zero-order valence-electron chi connectivity index (χ0n) is 10.2. The van der Waals surface area contributed by atoms with E-state index in [1.54, 1.807) is 6.92 Å². The van der Waals surface area contributed by atoms with Gasteiger partial charge in [-0.3, -0.25) is 9.59 Å². The van der Waals surface area contributed by atoms with E-state index in [9.17, 15) is 9.59 Å². The van der Waals surface area contributed by atoms with Gasteiger partial charge in [0.25, 0.3) is 0 Å². The molecule has 0 aliphatic rings. The molecule has 0 saturated carbocycles. The summed E-state index contributed by atoms with van der Waals surface area (Å²) in [7, 11) is 6.18. The molecule has 0 rings (SSSR count). The highest BCUT2D eigenvalue weighted by Crippen LogP contribution is 1.89. The number of carboxylic acid groups (broad SMARTS) is 1. The minimum absolute atomic E-state index is 0.201. The lowest BCUT2D eigenvalue weighted by Crippen LogP contribution is -2.37. The van der Waals surface area contributed by atoms with Crippen LogP contribution >= 0.6 is 0 Å². The fourth-order valence-corrected chi connectivity index (χ4v) is 0.463. The van der Waals surface area contributed by atoms with E-state index >= 15 is 0 Å². The third-order valence-electron chi connectivity index (χ3n) is 1.37. The fraction of sp³-hybridized carbons (Fsp3) is 0.800. The average molecular weight is 220 g/mol. The average Bonchev–Trinajstić information content (AvgIpc) is 2.02. The lowest BCUT2D eigenvalue weighted by Gasteiger charge is -2.23. The highest BCUT2D eigenvalue weighted by molar-refractivity contribution is 5.66. The maximum absolute atomic E-state index is 10.3. The Labute approximate surface area is 91.2 Å². The Balaban J connectivity index is 0. The first-order chi connectivity index (χ1) is 6.69. The molecule has 0 bridgehead atoms. The summed E-state index contributed by atoms with van der Waals surface area (Å²) in [4.78, 5) is 19.7. The largest absolute Gasteiger partial charge is 0.481 e. The molecule has 0 radical (unpaired) electrons. The van der Waals surface area contributed by atoms with Gasteiger partial charge in [0, 0.05) is 13.3 Å². The normalized spacial score (nSPS) is 9.93. The molecule has 0 aliphatic carbocycles. The number of nitrogens with zero attached hydrogens (tertiary/aromatic N) is 1. The van der Waals surface area contributed by atoms with E-state index < -0.39 is 5.97 Å². The van der Waals surface area contributed by atoms with Crippen molar-refractivity contribution < 1.29 is 23.9 Å². The number of hydrogen-bond acceptors (Lipinski definition) is 3. The summed E-state index contributed by atoms with van der Waals surface area (Å²) in [6.45, 7) is 4.40. The van der Waals surface area contributed by atoms with E-state index in [2.05, 4.69) is 21.1 Å². The molecule has 15 heavy (non-hydrogen) atoms. The van der Waals surface area contributed by atoms with E-state index in [1.807, 2.05) is 0 Å². The lowest BCUT2D eigenvalue weighted by molar-refractivity contribution is -0.870. The monoisotopic (exact) mass is 220 g/mol. The van der Waals surface area contributed by atoms with Gasteiger partial charge < -0.3 is 14.3 Å². The summed E-state index contributed by atoms with van der Waals surface area (Å²) in [5.41, 5.74) is 0. The molecule has 0 unspecified atom stereocenters. The summed E-state index contributed by atoms with van der Waals surface area (Å²) in [6.07, 6.45) is 0.222. The number of esters is 1. The van der Waals surface area contributed by atoms with Crippen LogP contribution in [-0.2, 0) is 14.3 Å². The van der Waals surface area contributed by atoms with Gasteiger partial charge in [0.1, 0.15) is 13.2 Å². The molecule has 0 spiro atoms. The summed E-state index contributed by atoms with van der Waals surface area (Å²) >= 11 is 0. The topological polar surface area (TPSA) is 63.6 Å². The van der Waals surface area contributed by atoms with Crippen LogP contribution in [0.25, 0.3) is 0 Å². The molecular formula is C10H22NO4+. The van der Waals surface area contributed by atoms with Crippen LogP contribution in [0.5, 0.6) is 0 Å². The number of rotatable bonds is 4. The van der Waals surface area contributed by atoms with Crippen LogP contribution in [0, 0.1) is 0 Å². The highest BCUT2D eigenvalue weighted by Gasteiger charge is 2.06. The highest BCUT2D eigenvalue weighted by atomic mass is 16.5. The Morgan fingerprint density at radius 2 is 1.67 bits per heavy atom. The summed E-state index contributed by atoms with van der Waals surface area (Å²) in [6, 6.07) is 0. The summed E-state index contributed by atoms with van der Waals surface area (Å²) in [5, 5.41) is 7.72. The second kappa shape index (κ2) is 8.23.